The zero-order chi connectivity index (χ0) is 19.1. The molecule has 1 aliphatic rings. The average molecular weight is 370 g/mol. The molecular formula is C21H23FN2O3. The molecule has 0 spiro atoms. The maximum Gasteiger partial charge on any atom is 0.269 e. The van der Waals surface area contributed by atoms with E-state index in [1.807, 2.05) is 0 Å². The minimum Gasteiger partial charge on any atom is -0.489 e. The molecule has 1 aliphatic carbocycles. The Hall–Kier alpha value is -2.89. The van der Waals surface area contributed by atoms with Crippen molar-refractivity contribution in [3.63, 3.8) is 0 Å². The lowest BCUT2D eigenvalue weighted by molar-refractivity contribution is -0.126. The van der Waals surface area contributed by atoms with Crippen LogP contribution in [0.2, 0.25) is 0 Å². The Kier molecular flexibility index (Phi) is 6.41. The number of ether oxygens (including phenoxy) is 1. The summed E-state index contributed by atoms with van der Waals surface area (Å²) >= 11 is 0. The average Bonchev–Trinajstić information content (AvgIpc) is 2.72. The van der Waals surface area contributed by atoms with E-state index in [9.17, 15) is 14.0 Å². The maximum absolute atomic E-state index is 12.9. The summed E-state index contributed by atoms with van der Waals surface area (Å²) < 4.78 is 18.6. The van der Waals surface area contributed by atoms with E-state index in [4.69, 9.17) is 4.74 Å². The van der Waals surface area contributed by atoms with E-state index >= 15 is 0 Å². The predicted octanol–water partition coefficient (Wildman–Crippen LogP) is 3.75. The zero-order valence-electron chi connectivity index (χ0n) is 15.0. The van der Waals surface area contributed by atoms with E-state index in [1.54, 1.807) is 36.4 Å². The molecule has 0 aliphatic heterocycles. The second-order valence-electron chi connectivity index (χ2n) is 6.72. The van der Waals surface area contributed by atoms with Gasteiger partial charge in [-0.1, -0.05) is 37.5 Å². The van der Waals surface area contributed by atoms with E-state index in [0.29, 0.717) is 11.3 Å². The van der Waals surface area contributed by atoms with Crippen molar-refractivity contribution in [2.24, 2.45) is 5.92 Å². The Bertz CT molecular complexity index is 786. The van der Waals surface area contributed by atoms with Crippen LogP contribution in [0.3, 0.4) is 0 Å². The summed E-state index contributed by atoms with van der Waals surface area (Å²) in [5.41, 5.74) is 6.20. The molecule has 142 valence electrons. The number of benzene rings is 2. The molecule has 3 rings (SSSR count). The van der Waals surface area contributed by atoms with Gasteiger partial charge in [0.25, 0.3) is 5.91 Å². The van der Waals surface area contributed by atoms with Crippen molar-refractivity contribution in [2.75, 3.05) is 0 Å². The Morgan fingerprint density at radius 1 is 1.00 bits per heavy atom. The van der Waals surface area contributed by atoms with Gasteiger partial charge in [0.2, 0.25) is 5.91 Å². The predicted molar refractivity (Wildman–Crippen MR) is 99.4 cm³/mol. The van der Waals surface area contributed by atoms with Crippen molar-refractivity contribution in [3.05, 3.63) is 65.5 Å². The van der Waals surface area contributed by atoms with Gasteiger partial charge in [-0.25, -0.2) is 4.39 Å². The molecule has 0 unspecified atom stereocenters. The first-order chi connectivity index (χ1) is 13.1. The number of hydrazine groups is 1. The second-order valence-corrected chi connectivity index (χ2v) is 6.72. The van der Waals surface area contributed by atoms with Crippen LogP contribution in [0.1, 0.15) is 48.0 Å². The largest absolute Gasteiger partial charge is 0.489 e. The molecule has 1 saturated carbocycles. The van der Waals surface area contributed by atoms with Crippen LogP contribution in [0.4, 0.5) is 4.39 Å². The molecule has 0 aromatic heterocycles. The molecule has 1 fully saturated rings. The van der Waals surface area contributed by atoms with Crippen molar-refractivity contribution in [3.8, 4) is 5.75 Å². The van der Waals surface area contributed by atoms with Gasteiger partial charge >= 0.3 is 0 Å². The van der Waals surface area contributed by atoms with Crippen LogP contribution in [-0.2, 0) is 11.4 Å². The first kappa shape index (κ1) is 18.9. The topological polar surface area (TPSA) is 67.4 Å². The molecule has 27 heavy (non-hydrogen) atoms. The number of amides is 2. The summed E-state index contributed by atoms with van der Waals surface area (Å²) in [5, 5.41) is 0. The zero-order valence-corrected chi connectivity index (χ0v) is 15.0. The highest BCUT2D eigenvalue weighted by Gasteiger charge is 2.21. The van der Waals surface area contributed by atoms with Crippen LogP contribution in [0.5, 0.6) is 5.75 Å². The number of hydrogen-bond acceptors (Lipinski definition) is 3. The van der Waals surface area contributed by atoms with E-state index in [2.05, 4.69) is 10.9 Å². The molecule has 2 aromatic rings. The van der Waals surface area contributed by atoms with Gasteiger partial charge in [0.1, 0.15) is 18.2 Å². The molecule has 0 atom stereocenters. The molecular weight excluding hydrogens is 347 g/mol. The summed E-state index contributed by atoms with van der Waals surface area (Å²) in [6.45, 7) is 0.268. The van der Waals surface area contributed by atoms with Gasteiger partial charge < -0.3 is 4.74 Å². The highest BCUT2D eigenvalue weighted by molar-refractivity contribution is 5.95. The number of rotatable bonds is 5. The number of nitrogens with one attached hydrogen (secondary N) is 2. The van der Waals surface area contributed by atoms with Crippen LogP contribution in [0, 0.1) is 11.7 Å². The van der Waals surface area contributed by atoms with Gasteiger partial charge in [-0.3, -0.25) is 20.4 Å². The first-order valence-corrected chi connectivity index (χ1v) is 9.19. The highest BCUT2D eigenvalue weighted by atomic mass is 19.1. The van der Waals surface area contributed by atoms with Crippen molar-refractivity contribution < 1.29 is 18.7 Å². The van der Waals surface area contributed by atoms with Gasteiger partial charge in [0.05, 0.1) is 0 Å². The van der Waals surface area contributed by atoms with Gasteiger partial charge in [0.15, 0.2) is 0 Å². The van der Waals surface area contributed by atoms with E-state index < -0.39 is 5.91 Å². The fraction of sp³-hybridized carbons (Fsp3) is 0.333. The summed E-state index contributed by atoms with van der Waals surface area (Å²) in [4.78, 5) is 24.4. The van der Waals surface area contributed by atoms with E-state index in [0.717, 1.165) is 31.2 Å². The van der Waals surface area contributed by atoms with Crippen LogP contribution in [0.15, 0.2) is 48.5 Å². The second kappa shape index (κ2) is 9.16. The van der Waals surface area contributed by atoms with E-state index in [1.165, 1.54) is 18.6 Å². The van der Waals surface area contributed by atoms with Crippen molar-refractivity contribution in [1.29, 1.82) is 0 Å². The molecule has 0 radical (unpaired) electrons. The van der Waals surface area contributed by atoms with Crippen LogP contribution >= 0.6 is 0 Å². The number of halogens is 1. The summed E-state index contributed by atoms with van der Waals surface area (Å²) in [6, 6.07) is 12.7. The lowest BCUT2D eigenvalue weighted by Gasteiger charge is -2.20. The molecule has 2 N–H and O–H groups in total. The van der Waals surface area contributed by atoms with Crippen LogP contribution in [0.25, 0.3) is 0 Å². The van der Waals surface area contributed by atoms with Crippen LogP contribution in [-0.4, -0.2) is 11.8 Å². The summed E-state index contributed by atoms with van der Waals surface area (Å²) in [6.07, 6.45) is 5.02. The normalized spacial score (nSPS) is 14.4. The van der Waals surface area contributed by atoms with Gasteiger partial charge in [-0.15, -0.1) is 0 Å². The SMILES string of the molecule is O=C(NNC(=O)C1CCCCC1)c1cccc(OCc2ccc(F)cc2)c1. The van der Waals surface area contributed by atoms with Crippen molar-refractivity contribution >= 4 is 11.8 Å². The standard InChI is InChI=1S/C21H23FN2O3/c22-18-11-9-15(10-12-18)14-27-19-8-4-7-17(13-19)21(26)24-23-20(25)16-5-2-1-3-6-16/h4,7-13,16H,1-3,5-6,14H2,(H,23,25)(H,24,26). The van der Waals surface area contributed by atoms with Gasteiger partial charge in [-0.2, -0.15) is 0 Å². The highest BCUT2D eigenvalue weighted by Crippen LogP contribution is 2.23. The molecule has 0 saturated heterocycles. The first-order valence-electron chi connectivity index (χ1n) is 9.19. The smallest absolute Gasteiger partial charge is 0.269 e. The summed E-state index contributed by atoms with van der Waals surface area (Å²) in [5.74, 6) is -0.333. The number of carbonyl (C=O) groups excluding carboxylic acids is 2. The number of carbonyl (C=O) groups is 2. The lowest BCUT2D eigenvalue weighted by atomic mass is 9.89. The minimum absolute atomic E-state index is 0.0237. The van der Waals surface area contributed by atoms with E-state index in [-0.39, 0.29) is 24.2 Å². The number of hydrogen-bond donors (Lipinski definition) is 2. The fourth-order valence-corrected chi connectivity index (χ4v) is 3.13. The third-order valence-electron chi connectivity index (χ3n) is 4.69. The Morgan fingerprint density at radius 2 is 1.74 bits per heavy atom. The monoisotopic (exact) mass is 370 g/mol. The van der Waals surface area contributed by atoms with Gasteiger partial charge in [0, 0.05) is 11.5 Å². The Labute approximate surface area is 157 Å². The minimum atomic E-state index is -0.397. The Morgan fingerprint density at radius 3 is 2.48 bits per heavy atom. The maximum atomic E-state index is 12.9. The lowest BCUT2D eigenvalue weighted by Crippen LogP contribution is -2.44. The molecule has 0 bridgehead atoms. The molecule has 6 heteroatoms. The molecule has 2 amide bonds. The summed E-state index contributed by atoms with van der Waals surface area (Å²) in [7, 11) is 0. The quantitative estimate of drug-likeness (QED) is 0.788. The Balaban J connectivity index is 1.51. The van der Waals surface area contributed by atoms with Gasteiger partial charge in [-0.05, 0) is 48.7 Å². The molecule has 2 aromatic carbocycles. The van der Waals surface area contributed by atoms with Crippen molar-refractivity contribution in [2.45, 2.75) is 38.7 Å². The third kappa shape index (κ3) is 5.54. The molecule has 0 heterocycles. The van der Waals surface area contributed by atoms with Crippen LogP contribution < -0.4 is 15.6 Å². The van der Waals surface area contributed by atoms with Crippen molar-refractivity contribution in [1.82, 2.24) is 10.9 Å². The third-order valence-corrected chi connectivity index (χ3v) is 4.69. The molecule has 5 nitrogen and oxygen atoms in total. The fourth-order valence-electron chi connectivity index (χ4n) is 3.13.